The van der Waals surface area contributed by atoms with E-state index in [0.717, 1.165) is 23.1 Å². The molecule has 0 saturated carbocycles. The van der Waals surface area contributed by atoms with Crippen LogP contribution < -0.4 is 10.6 Å². The zero-order valence-electron chi connectivity index (χ0n) is 12.0. The zero-order chi connectivity index (χ0) is 15.2. The molecule has 0 aliphatic heterocycles. The first-order chi connectivity index (χ1) is 10.1. The van der Waals surface area contributed by atoms with Gasteiger partial charge in [-0.1, -0.05) is 22.9 Å². The molecular formula is C15H17BrN4O. The Kier molecular flexibility index (Phi) is 5.27. The maximum Gasteiger partial charge on any atom is 0.274 e. The van der Waals surface area contributed by atoms with Crippen LogP contribution in [0.3, 0.4) is 0 Å². The molecule has 0 aliphatic carbocycles. The average molecular weight is 349 g/mol. The van der Waals surface area contributed by atoms with Crippen molar-refractivity contribution in [1.82, 2.24) is 9.97 Å². The molecule has 0 radical (unpaired) electrons. The predicted octanol–water partition coefficient (Wildman–Crippen LogP) is 3.62. The van der Waals surface area contributed by atoms with E-state index < -0.39 is 0 Å². The zero-order valence-corrected chi connectivity index (χ0v) is 13.6. The summed E-state index contributed by atoms with van der Waals surface area (Å²) in [6.45, 7) is 4.65. The standard InChI is InChI=1S/C15H17BrN4O/c1-3-8-17-14-9-13(18-10(2)19-14)15(21)20-12-6-4-11(16)5-7-12/h4-7,9H,3,8H2,1-2H3,(H,20,21)(H,17,18,19). The molecule has 0 unspecified atom stereocenters. The molecule has 6 heteroatoms. The van der Waals surface area contributed by atoms with Crippen LogP contribution in [0.15, 0.2) is 34.8 Å². The first-order valence-corrected chi connectivity index (χ1v) is 7.54. The van der Waals surface area contributed by atoms with Crippen LogP contribution in [-0.4, -0.2) is 22.4 Å². The second-order valence-corrected chi connectivity index (χ2v) is 5.49. The largest absolute Gasteiger partial charge is 0.370 e. The van der Waals surface area contributed by atoms with Crippen LogP contribution >= 0.6 is 15.9 Å². The molecule has 1 aromatic carbocycles. The number of rotatable bonds is 5. The number of nitrogens with one attached hydrogen (secondary N) is 2. The Labute approximate surface area is 132 Å². The normalized spacial score (nSPS) is 10.2. The van der Waals surface area contributed by atoms with Gasteiger partial charge in [-0.15, -0.1) is 0 Å². The van der Waals surface area contributed by atoms with E-state index in [4.69, 9.17) is 0 Å². The summed E-state index contributed by atoms with van der Waals surface area (Å²) in [5.74, 6) is 0.990. The molecule has 0 saturated heterocycles. The van der Waals surface area contributed by atoms with Gasteiger partial charge in [0.1, 0.15) is 17.3 Å². The van der Waals surface area contributed by atoms with Gasteiger partial charge in [0.15, 0.2) is 0 Å². The third-order valence-electron chi connectivity index (χ3n) is 2.73. The summed E-state index contributed by atoms with van der Waals surface area (Å²) in [6, 6.07) is 9.06. The number of hydrogen-bond acceptors (Lipinski definition) is 4. The van der Waals surface area contributed by atoms with Crippen molar-refractivity contribution in [3.8, 4) is 0 Å². The monoisotopic (exact) mass is 348 g/mol. The SMILES string of the molecule is CCCNc1cc(C(=O)Nc2ccc(Br)cc2)nc(C)n1. The smallest absolute Gasteiger partial charge is 0.274 e. The van der Waals surface area contributed by atoms with E-state index in [2.05, 4.69) is 43.5 Å². The van der Waals surface area contributed by atoms with Gasteiger partial charge in [0.05, 0.1) is 0 Å². The van der Waals surface area contributed by atoms with Gasteiger partial charge in [0, 0.05) is 22.8 Å². The van der Waals surface area contributed by atoms with Crippen molar-refractivity contribution < 1.29 is 4.79 Å². The maximum absolute atomic E-state index is 12.2. The highest BCUT2D eigenvalue weighted by Gasteiger charge is 2.10. The first-order valence-electron chi connectivity index (χ1n) is 6.75. The van der Waals surface area contributed by atoms with E-state index in [1.807, 2.05) is 24.3 Å². The number of carbonyl (C=O) groups excluding carboxylic acids is 1. The van der Waals surface area contributed by atoms with Crippen molar-refractivity contribution in [1.29, 1.82) is 0 Å². The molecule has 21 heavy (non-hydrogen) atoms. The molecule has 110 valence electrons. The van der Waals surface area contributed by atoms with E-state index in [1.54, 1.807) is 13.0 Å². The van der Waals surface area contributed by atoms with E-state index in [9.17, 15) is 4.79 Å². The molecule has 1 amide bonds. The summed E-state index contributed by atoms with van der Waals surface area (Å²) in [7, 11) is 0. The molecule has 5 nitrogen and oxygen atoms in total. The Balaban J connectivity index is 2.14. The molecular weight excluding hydrogens is 332 g/mol. The van der Waals surface area contributed by atoms with E-state index in [1.165, 1.54) is 0 Å². The Morgan fingerprint density at radius 1 is 1.24 bits per heavy atom. The topological polar surface area (TPSA) is 66.9 Å². The minimum Gasteiger partial charge on any atom is -0.370 e. The van der Waals surface area contributed by atoms with Gasteiger partial charge in [0.25, 0.3) is 5.91 Å². The number of halogens is 1. The van der Waals surface area contributed by atoms with Gasteiger partial charge < -0.3 is 10.6 Å². The molecule has 0 bridgehead atoms. The van der Waals surface area contributed by atoms with Gasteiger partial charge in [0.2, 0.25) is 0 Å². The van der Waals surface area contributed by atoms with Crippen molar-refractivity contribution in [2.45, 2.75) is 20.3 Å². The summed E-state index contributed by atoms with van der Waals surface area (Å²) >= 11 is 3.36. The summed E-state index contributed by atoms with van der Waals surface area (Å²) in [5.41, 5.74) is 1.08. The number of anilines is 2. The molecule has 2 aromatic rings. The molecule has 0 spiro atoms. The Hall–Kier alpha value is -1.95. The van der Waals surface area contributed by atoms with Crippen LogP contribution in [0.2, 0.25) is 0 Å². The summed E-state index contributed by atoms with van der Waals surface area (Å²) < 4.78 is 0.962. The van der Waals surface area contributed by atoms with Gasteiger partial charge in [-0.2, -0.15) is 0 Å². The molecule has 2 rings (SSSR count). The van der Waals surface area contributed by atoms with Crippen molar-refractivity contribution >= 4 is 33.3 Å². The number of benzene rings is 1. The van der Waals surface area contributed by atoms with Crippen molar-refractivity contribution in [3.63, 3.8) is 0 Å². The van der Waals surface area contributed by atoms with E-state index >= 15 is 0 Å². The molecule has 1 aromatic heterocycles. The molecule has 0 aliphatic rings. The summed E-state index contributed by atoms with van der Waals surface area (Å²) in [6.07, 6.45) is 0.990. The highest BCUT2D eigenvalue weighted by molar-refractivity contribution is 9.10. The molecule has 2 N–H and O–H groups in total. The summed E-state index contributed by atoms with van der Waals surface area (Å²) in [5, 5.41) is 5.98. The molecule has 0 fully saturated rings. The number of amides is 1. The van der Waals surface area contributed by atoms with E-state index in [-0.39, 0.29) is 5.91 Å². The van der Waals surface area contributed by atoms with Crippen molar-refractivity contribution in [2.24, 2.45) is 0 Å². The Morgan fingerprint density at radius 2 is 1.95 bits per heavy atom. The van der Waals surface area contributed by atoms with Gasteiger partial charge in [-0.05, 0) is 37.6 Å². The number of nitrogens with zero attached hydrogens (tertiary/aromatic N) is 2. The minimum atomic E-state index is -0.248. The lowest BCUT2D eigenvalue weighted by molar-refractivity contribution is 0.102. The van der Waals surface area contributed by atoms with Crippen molar-refractivity contribution in [2.75, 3.05) is 17.2 Å². The number of aromatic nitrogens is 2. The van der Waals surface area contributed by atoms with Crippen LogP contribution in [0, 0.1) is 6.92 Å². The fourth-order valence-corrected chi connectivity index (χ4v) is 2.02. The first kappa shape index (κ1) is 15.4. The van der Waals surface area contributed by atoms with Crippen LogP contribution in [0.25, 0.3) is 0 Å². The molecule has 1 heterocycles. The van der Waals surface area contributed by atoms with Gasteiger partial charge >= 0.3 is 0 Å². The van der Waals surface area contributed by atoms with Crippen LogP contribution in [0.5, 0.6) is 0 Å². The fourth-order valence-electron chi connectivity index (χ4n) is 1.76. The number of hydrogen-bond donors (Lipinski definition) is 2. The highest BCUT2D eigenvalue weighted by Crippen LogP contribution is 2.15. The lowest BCUT2D eigenvalue weighted by Gasteiger charge is -2.08. The Morgan fingerprint density at radius 3 is 2.62 bits per heavy atom. The van der Waals surface area contributed by atoms with Crippen LogP contribution in [0.4, 0.5) is 11.5 Å². The van der Waals surface area contributed by atoms with Gasteiger partial charge in [-0.25, -0.2) is 9.97 Å². The predicted molar refractivity (Wildman–Crippen MR) is 87.6 cm³/mol. The number of carbonyl (C=O) groups is 1. The van der Waals surface area contributed by atoms with Gasteiger partial charge in [-0.3, -0.25) is 4.79 Å². The van der Waals surface area contributed by atoms with Crippen LogP contribution in [0.1, 0.15) is 29.7 Å². The third-order valence-corrected chi connectivity index (χ3v) is 3.26. The fraction of sp³-hybridized carbons (Fsp3) is 0.267. The lowest BCUT2D eigenvalue weighted by Crippen LogP contribution is -2.16. The van der Waals surface area contributed by atoms with Crippen molar-refractivity contribution in [3.05, 3.63) is 46.3 Å². The second-order valence-electron chi connectivity index (χ2n) is 4.57. The average Bonchev–Trinajstić information content (AvgIpc) is 2.47. The summed E-state index contributed by atoms with van der Waals surface area (Å²) in [4.78, 5) is 20.7. The molecule has 0 atom stereocenters. The lowest BCUT2D eigenvalue weighted by atomic mass is 10.3. The minimum absolute atomic E-state index is 0.248. The maximum atomic E-state index is 12.2. The van der Waals surface area contributed by atoms with E-state index in [0.29, 0.717) is 17.3 Å². The Bertz CT molecular complexity index is 628. The highest BCUT2D eigenvalue weighted by atomic mass is 79.9. The quantitative estimate of drug-likeness (QED) is 0.865. The third kappa shape index (κ3) is 4.53. The number of aryl methyl sites for hydroxylation is 1. The second kappa shape index (κ2) is 7.17. The van der Waals surface area contributed by atoms with Crippen LogP contribution in [-0.2, 0) is 0 Å².